The molecule has 0 unspecified atom stereocenters. The highest BCUT2D eigenvalue weighted by Crippen LogP contribution is 2.21. The number of nitrogens with zero attached hydrogens (tertiary/aromatic N) is 4. The van der Waals surface area contributed by atoms with E-state index in [2.05, 4.69) is 52.8 Å². The highest BCUT2D eigenvalue weighted by atomic mass is 16.2. The highest BCUT2D eigenvalue weighted by molar-refractivity contribution is 5.79. The fourth-order valence-electron chi connectivity index (χ4n) is 3.25. The summed E-state index contributed by atoms with van der Waals surface area (Å²) in [6, 6.07) is 7.67. The van der Waals surface area contributed by atoms with Gasteiger partial charge in [-0.15, -0.1) is 10.2 Å². The molecular formula is C21H29N5O. The van der Waals surface area contributed by atoms with E-state index in [1.165, 1.54) is 35.2 Å². The lowest BCUT2D eigenvalue weighted by molar-refractivity contribution is -0.124. The van der Waals surface area contributed by atoms with Crippen LogP contribution in [0, 0.1) is 0 Å². The number of carbonyl (C=O) groups is 1. The Morgan fingerprint density at radius 1 is 1.19 bits per heavy atom. The normalized spacial score (nSPS) is 15.5. The zero-order chi connectivity index (χ0) is 19.2. The molecule has 6 nitrogen and oxygen atoms in total. The van der Waals surface area contributed by atoms with E-state index in [1.807, 2.05) is 12.1 Å². The van der Waals surface area contributed by atoms with Gasteiger partial charge >= 0.3 is 0 Å². The minimum absolute atomic E-state index is 0.0782. The Kier molecular flexibility index (Phi) is 6.37. The molecule has 1 atom stereocenters. The molecule has 1 amide bonds. The Morgan fingerprint density at radius 3 is 2.63 bits per heavy atom. The Labute approximate surface area is 161 Å². The number of tetrazole rings is 1. The van der Waals surface area contributed by atoms with E-state index in [-0.39, 0.29) is 5.91 Å². The number of carbonyl (C=O) groups excluding carboxylic acids is 1. The van der Waals surface area contributed by atoms with Crippen LogP contribution in [-0.4, -0.2) is 32.7 Å². The van der Waals surface area contributed by atoms with Gasteiger partial charge in [0, 0.05) is 12.1 Å². The highest BCUT2D eigenvalue weighted by Gasteiger charge is 2.18. The topological polar surface area (TPSA) is 72.7 Å². The van der Waals surface area contributed by atoms with Crippen molar-refractivity contribution in [3.05, 3.63) is 41.5 Å². The number of hydrogen-bond acceptors (Lipinski definition) is 4. The second kappa shape index (κ2) is 8.93. The van der Waals surface area contributed by atoms with Crippen LogP contribution < -0.4 is 5.32 Å². The fourth-order valence-corrected chi connectivity index (χ4v) is 3.25. The first-order valence-electron chi connectivity index (χ1n) is 9.90. The Morgan fingerprint density at radius 2 is 1.96 bits per heavy atom. The maximum atomic E-state index is 12.4. The largest absolute Gasteiger partial charge is 0.354 e. The van der Waals surface area contributed by atoms with Gasteiger partial charge in [-0.1, -0.05) is 49.8 Å². The lowest BCUT2D eigenvalue weighted by Crippen LogP contribution is -2.33. The number of amides is 1. The summed E-state index contributed by atoms with van der Waals surface area (Å²) in [5.41, 5.74) is 3.63. The Bertz CT molecular complexity index is 791. The van der Waals surface area contributed by atoms with Crippen molar-refractivity contribution in [3.63, 3.8) is 0 Å². The van der Waals surface area contributed by atoms with E-state index >= 15 is 0 Å². The molecule has 0 bridgehead atoms. The van der Waals surface area contributed by atoms with E-state index in [4.69, 9.17) is 0 Å². The first-order chi connectivity index (χ1) is 13.0. The summed E-state index contributed by atoms with van der Waals surface area (Å²) in [5, 5.41) is 15.6. The van der Waals surface area contributed by atoms with Crippen molar-refractivity contribution < 1.29 is 4.79 Å². The third-order valence-corrected chi connectivity index (χ3v) is 5.12. The third-order valence-electron chi connectivity index (χ3n) is 5.12. The average Bonchev–Trinajstić information content (AvgIpc) is 3.18. The molecule has 27 heavy (non-hydrogen) atoms. The van der Waals surface area contributed by atoms with Crippen LogP contribution in [0.4, 0.5) is 0 Å². The van der Waals surface area contributed by atoms with E-state index in [1.54, 1.807) is 6.92 Å². The summed E-state index contributed by atoms with van der Waals surface area (Å²) >= 11 is 0. The van der Waals surface area contributed by atoms with Gasteiger partial charge in [-0.3, -0.25) is 4.79 Å². The summed E-state index contributed by atoms with van der Waals surface area (Å²) in [6.07, 6.45) is 8.12. The lowest BCUT2D eigenvalue weighted by Gasteiger charge is -2.14. The van der Waals surface area contributed by atoms with E-state index in [9.17, 15) is 4.79 Å². The molecule has 1 aromatic carbocycles. The number of benzene rings is 1. The van der Waals surface area contributed by atoms with Gasteiger partial charge in [0.25, 0.3) is 0 Å². The molecule has 1 aromatic heterocycles. The molecule has 1 N–H and O–H groups in total. The van der Waals surface area contributed by atoms with Crippen LogP contribution in [0.2, 0.25) is 0 Å². The first-order valence-corrected chi connectivity index (χ1v) is 9.90. The molecule has 0 aliphatic heterocycles. The number of allylic oxidation sites excluding steroid dienone is 1. The van der Waals surface area contributed by atoms with Crippen LogP contribution >= 0.6 is 0 Å². The summed E-state index contributed by atoms with van der Waals surface area (Å²) in [4.78, 5) is 13.8. The SMILES string of the molecule is CC(C)c1ccc(-c2nnn([C@@H](C)C(=O)NCCC3=CCCCC3)n2)cc1. The zero-order valence-electron chi connectivity index (χ0n) is 16.5. The number of nitrogens with one attached hydrogen (secondary N) is 1. The van der Waals surface area contributed by atoms with E-state index in [0.717, 1.165) is 18.4 Å². The molecule has 0 saturated carbocycles. The molecule has 0 radical (unpaired) electrons. The van der Waals surface area contributed by atoms with Gasteiger partial charge in [-0.05, 0) is 55.7 Å². The minimum atomic E-state index is -0.485. The van der Waals surface area contributed by atoms with Crippen LogP contribution in [0.3, 0.4) is 0 Å². The van der Waals surface area contributed by atoms with Crippen molar-refractivity contribution in [1.82, 2.24) is 25.5 Å². The molecule has 1 aliphatic carbocycles. The van der Waals surface area contributed by atoms with E-state index in [0.29, 0.717) is 18.3 Å². The van der Waals surface area contributed by atoms with Gasteiger partial charge in [0.15, 0.2) is 0 Å². The van der Waals surface area contributed by atoms with Gasteiger partial charge in [0.05, 0.1) is 0 Å². The van der Waals surface area contributed by atoms with Crippen molar-refractivity contribution in [2.45, 2.75) is 64.8 Å². The first kappa shape index (κ1) is 19.3. The monoisotopic (exact) mass is 367 g/mol. The molecule has 144 valence electrons. The van der Waals surface area contributed by atoms with Gasteiger partial charge in [-0.2, -0.15) is 4.80 Å². The minimum Gasteiger partial charge on any atom is -0.354 e. The van der Waals surface area contributed by atoms with Gasteiger partial charge in [-0.25, -0.2) is 0 Å². The second-order valence-corrected chi connectivity index (χ2v) is 7.54. The number of aromatic nitrogens is 4. The molecule has 2 aromatic rings. The van der Waals surface area contributed by atoms with Crippen LogP contribution in [0.5, 0.6) is 0 Å². The van der Waals surface area contributed by atoms with Crippen LogP contribution in [0.15, 0.2) is 35.9 Å². The van der Waals surface area contributed by atoms with Gasteiger partial charge < -0.3 is 5.32 Å². The van der Waals surface area contributed by atoms with Crippen molar-refractivity contribution in [2.75, 3.05) is 6.54 Å². The molecule has 0 spiro atoms. The smallest absolute Gasteiger partial charge is 0.246 e. The molecule has 3 rings (SSSR count). The molecule has 6 heteroatoms. The van der Waals surface area contributed by atoms with E-state index < -0.39 is 6.04 Å². The maximum Gasteiger partial charge on any atom is 0.246 e. The molecule has 0 saturated heterocycles. The van der Waals surface area contributed by atoms with Crippen molar-refractivity contribution >= 4 is 5.91 Å². The summed E-state index contributed by atoms with van der Waals surface area (Å²) < 4.78 is 0. The van der Waals surface area contributed by atoms with Gasteiger partial charge in [0.1, 0.15) is 6.04 Å². The summed E-state index contributed by atoms with van der Waals surface area (Å²) in [5.74, 6) is 0.943. The summed E-state index contributed by atoms with van der Waals surface area (Å²) in [6.45, 7) is 6.78. The average molecular weight is 367 g/mol. The Hall–Kier alpha value is -2.50. The van der Waals surface area contributed by atoms with Gasteiger partial charge in [0.2, 0.25) is 11.7 Å². The molecular weight excluding hydrogens is 338 g/mol. The van der Waals surface area contributed by atoms with Crippen molar-refractivity contribution in [1.29, 1.82) is 0 Å². The molecule has 1 heterocycles. The lowest BCUT2D eigenvalue weighted by atomic mass is 9.97. The van der Waals surface area contributed by atoms with Crippen molar-refractivity contribution in [3.8, 4) is 11.4 Å². The number of rotatable bonds is 7. The third kappa shape index (κ3) is 5.02. The fraction of sp³-hybridized carbons (Fsp3) is 0.524. The van der Waals surface area contributed by atoms with Crippen LogP contribution in [0.1, 0.15) is 70.4 Å². The quantitative estimate of drug-likeness (QED) is 0.750. The number of hydrogen-bond donors (Lipinski definition) is 1. The van der Waals surface area contributed by atoms with Crippen LogP contribution in [0.25, 0.3) is 11.4 Å². The predicted octanol–water partition coefficient (Wildman–Crippen LogP) is 4.03. The second-order valence-electron chi connectivity index (χ2n) is 7.54. The molecule has 1 aliphatic rings. The maximum absolute atomic E-state index is 12.4. The van der Waals surface area contributed by atoms with Crippen molar-refractivity contribution in [2.24, 2.45) is 0 Å². The van der Waals surface area contributed by atoms with Crippen LogP contribution in [-0.2, 0) is 4.79 Å². The standard InChI is InChI=1S/C21H29N5O/c1-15(2)18-9-11-19(12-10-18)20-23-25-26(24-20)16(3)21(27)22-14-13-17-7-5-4-6-8-17/h7,9-12,15-16H,4-6,8,13-14H2,1-3H3,(H,22,27)/t16-/m0/s1. The molecule has 0 fully saturated rings. The zero-order valence-corrected chi connectivity index (χ0v) is 16.5. The Balaban J connectivity index is 1.56. The summed E-state index contributed by atoms with van der Waals surface area (Å²) in [7, 11) is 0. The predicted molar refractivity (Wildman–Crippen MR) is 106 cm³/mol.